The standard InChI is InChI=1S/C17H15BrN2O/c1-11-9-13(18)7-8-14(11)19-17(21)16-10-12-5-3-4-6-15(12)20(16)2/h3-10H,1-2H3,(H,19,21). The summed E-state index contributed by atoms with van der Waals surface area (Å²) in [7, 11) is 1.91. The molecule has 1 N–H and O–H groups in total. The summed E-state index contributed by atoms with van der Waals surface area (Å²) in [4.78, 5) is 12.5. The molecule has 0 spiro atoms. The molecule has 0 fully saturated rings. The van der Waals surface area contributed by atoms with Crippen molar-refractivity contribution >= 4 is 38.4 Å². The van der Waals surface area contributed by atoms with Crippen LogP contribution in [0.5, 0.6) is 0 Å². The summed E-state index contributed by atoms with van der Waals surface area (Å²) in [6.45, 7) is 1.97. The van der Waals surface area contributed by atoms with E-state index in [9.17, 15) is 4.79 Å². The summed E-state index contributed by atoms with van der Waals surface area (Å²) in [5, 5.41) is 4.04. The van der Waals surface area contributed by atoms with Crippen molar-refractivity contribution in [1.29, 1.82) is 0 Å². The number of aryl methyl sites for hydroxylation is 2. The van der Waals surface area contributed by atoms with Crippen LogP contribution in [0.25, 0.3) is 10.9 Å². The molecule has 1 amide bonds. The number of carbonyl (C=O) groups excluding carboxylic acids is 1. The SMILES string of the molecule is Cc1cc(Br)ccc1NC(=O)c1cc2ccccc2n1C. The third-order valence-electron chi connectivity index (χ3n) is 3.62. The van der Waals surface area contributed by atoms with Crippen molar-refractivity contribution in [2.45, 2.75) is 6.92 Å². The number of hydrogen-bond donors (Lipinski definition) is 1. The molecule has 0 radical (unpaired) electrons. The Balaban J connectivity index is 1.95. The van der Waals surface area contributed by atoms with E-state index in [4.69, 9.17) is 0 Å². The highest BCUT2D eigenvalue weighted by Gasteiger charge is 2.14. The Kier molecular flexibility index (Phi) is 3.55. The maximum atomic E-state index is 12.5. The third-order valence-corrected chi connectivity index (χ3v) is 4.11. The minimum Gasteiger partial charge on any atom is -0.340 e. The zero-order valence-electron chi connectivity index (χ0n) is 11.9. The maximum absolute atomic E-state index is 12.5. The van der Waals surface area contributed by atoms with Gasteiger partial charge in [-0.05, 0) is 42.8 Å². The first-order chi connectivity index (χ1) is 10.1. The van der Waals surface area contributed by atoms with Gasteiger partial charge in [0.1, 0.15) is 5.69 Å². The maximum Gasteiger partial charge on any atom is 0.272 e. The van der Waals surface area contributed by atoms with Gasteiger partial charge < -0.3 is 9.88 Å². The molecule has 1 heterocycles. The van der Waals surface area contributed by atoms with Crippen molar-refractivity contribution in [1.82, 2.24) is 4.57 Å². The molecule has 3 rings (SSSR count). The lowest BCUT2D eigenvalue weighted by Gasteiger charge is -2.09. The van der Waals surface area contributed by atoms with Gasteiger partial charge in [0, 0.05) is 28.1 Å². The van der Waals surface area contributed by atoms with Gasteiger partial charge in [-0.1, -0.05) is 34.1 Å². The van der Waals surface area contributed by atoms with Gasteiger partial charge in [-0.25, -0.2) is 0 Å². The molecular weight excluding hydrogens is 328 g/mol. The molecule has 1 aromatic heterocycles. The fraction of sp³-hybridized carbons (Fsp3) is 0.118. The molecule has 0 aliphatic heterocycles. The van der Waals surface area contributed by atoms with E-state index >= 15 is 0 Å². The van der Waals surface area contributed by atoms with Gasteiger partial charge in [-0.3, -0.25) is 4.79 Å². The van der Waals surface area contributed by atoms with Crippen molar-refractivity contribution in [2.24, 2.45) is 7.05 Å². The molecule has 0 saturated heterocycles. The highest BCUT2D eigenvalue weighted by atomic mass is 79.9. The van der Waals surface area contributed by atoms with Crippen molar-refractivity contribution in [3.05, 3.63) is 64.3 Å². The quantitative estimate of drug-likeness (QED) is 0.730. The van der Waals surface area contributed by atoms with E-state index < -0.39 is 0 Å². The lowest BCUT2D eigenvalue weighted by molar-refractivity contribution is 0.101. The van der Waals surface area contributed by atoms with E-state index in [2.05, 4.69) is 21.2 Å². The topological polar surface area (TPSA) is 34.0 Å². The van der Waals surface area contributed by atoms with Gasteiger partial charge in [0.05, 0.1) is 0 Å². The molecule has 0 bridgehead atoms. The Labute approximate surface area is 131 Å². The number of hydrogen-bond acceptors (Lipinski definition) is 1. The second-order valence-electron chi connectivity index (χ2n) is 5.06. The van der Waals surface area contributed by atoms with Crippen molar-refractivity contribution in [3.63, 3.8) is 0 Å². The number of carbonyl (C=O) groups is 1. The van der Waals surface area contributed by atoms with E-state index in [-0.39, 0.29) is 5.91 Å². The van der Waals surface area contributed by atoms with Gasteiger partial charge in [-0.2, -0.15) is 0 Å². The fourth-order valence-corrected chi connectivity index (χ4v) is 2.94. The second kappa shape index (κ2) is 5.37. The van der Waals surface area contributed by atoms with Crippen LogP contribution in [-0.2, 0) is 7.05 Å². The molecule has 106 valence electrons. The van der Waals surface area contributed by atoms with Gasteiger partial charge >= 0.3 is 0 Å². The molecule has 0 atom stereocenters. The van der Waals surface area contributed by atoms with Gasteiger partial charge in [-0.15, -0.1) is 0 Å². The molecule has 4 heteroatoms. The number of para-hydroxylation sites is 1. The first-order valence-corrected chi connectivity index (χ1v) is 7.47. The molecule has 0 unspecified atom stereocenters. The molecular formula is C17H15BrN2O. The van der Waals surface area contributed by atoms with E-state index in [1.165, 1.54) is 0 Å². The smallest absolute Gasteiger partial charge is 0.272 e. The number of nitrogens with one attached hydrogen (secondary N) is 1. The van der Waals surface area contributed by atoms with E-state index in [0.717, 1.165) is 26.6 Å². The van der Waals surface area contributed by atoms with Gasteiger partial charge in [0.15, 0.2) is 0 Å². The number of fused-ring (bicyclic) bond motifs is 1. The molecule has 3 aromatic rings. The Bertz CT molecular complexity index is 836. The summed E-state index contributed by atoms with van der Waals surface area (Å²) < 4.78 is 2.92. The Morgan fingerprint density at radius 3 is 2.62 bits per heavy atom. The number of amides is 1. The van der Waals surface area contributed by atoms with E-state index in [1.807, 2.05) is 67.1 Å². The summed E-state index contributed by atoms with van der Waals surface area (Å²) in [5.41, 5.74) is 3.55. The predicted molar refractivity (Wildman–Crippen MR) is 89.8 cm³/mol. The zero-order chi connectivity index (χ0) is 15.0. The summed E-state index contributed by atoms with van der Waals surface area (Å²) >= 11 is 3.43. The number of rotatable bonds is 2. The molecule has 0 aliphatic rings. The van der Waals surface area contributed by atoms with E-state index in [1.54, 1.807) is 0 Å². The zero-order valence-corrected chi connectivity index (χ0v) is 13.4. The van der Waals surface area contributed by atoms with Crippen LogP contribution in [0, 0.1) is 6.92 Å². The van der Waals surface area contributed by atoms with Crippen molar-refractivity contribution in [3.8, 4) is 0 Å². The van der Waals surface area contributed by atoms with Crippen molar-refractivity contribution in [2.75, 3.05) is 5.32 Å². The lowest BCUT2D eigenvalue weighted by Crippen LogP contribution is -2.16. The van der Waals surface area contributed by atoms with Crippen LogP contribution in [0.4, 0.5) is 5.69 Å². The van der Waals surface area contributed by atoms with Gasteiger partial charge in [0.25, 0.3) is 5.91 Å². The number of halogens is 1. The molecule has 21 heavy (non-hydrogen) atoms. The first-order valence-electron chi connectivity index (χ1n) is 6.68. The average molecular weight is 343 g/mol. The van der Waals surface area contributed by atoms with Crippen LogP contribution in [0.3, 0.4) is 0 Å². The molecule has 3 nitrogen and oxygen atoms in total. The Morgan fingerprint density at radius 1 is 1.14 bits per heavy atom. The summed E-state index contributed by atoms with van der Waals surface area (Å²) in [6.07, 6.45) is 0. The Hall–Kier alpha value is -2.07. The van der Waals surface area contributed by atoms with Crippen LogP contribution in [0.1, 0.15) is 16.1 Å². The summed E-state index contributed by atoms with van der Waals surface area (Å²) in [6, 6.07) is 15.7. The molecule has 2 aromatic carbocycles. The van der Waals surface area contributed by atoms with E-state index in [0.29, 0.717) is 5.69 Å². The van der Waals surface area contributed by atoms with Crippen LogP contribution in [0.15, 0.2) is 53.0 Å². The monoisotopic (exact) mass is 342 g/mol. The van der Waals surface area contributed by atoms with Crippen LogP contribution < -0.4 is 5.32 Å². The van der Waals surface area contributed by atoms with Crippen LogP contribution >= 0.6 is 15.9 Å². The minimum atomic E-state index is -0.0980. The van der Waals surface area contributed by atoms with Crippen LogP contribution in [0.2, 0.25) is 0 Å². The highest BCUT2D eigenvalue weighted by molar-refractivity contribution is 9.10. The molecule has 0 aliphatic carbocycles. The first kappa shape index (κ1) is 13.9. The average Bonchev–Trinajstić information content (AvgIpc) is 2.80. The summed E-state index contributed by atoms with van der Waals surface area (Å²) in [5.74, 6) is -0.0980. The number of anilines is 1. The molecule has 0 saturated carbocycles. The lowest BCUT2D eigenvalue weighted by atomic mass is 10.2. The predicted octanol–water partition coefficient (Wildman–Crippen LogP) is 4.50. The Morgan fingerprint density at radius 2 is 1.90 bits per heavy atom. The van der Waals surface area contributed by atoms with Crippen molar-refractivity contribution < 1.29 is 4.79 Å². The third kappa shape index (κ3) is 2.59. The highest BCUT2D eigenvalue weighted by Crippen LogP contribution is 2.22. The number of aromatic nitrogens is 1. The van der Waals surface area contributed by atoms with Gasteiger partial charge in [0.2, 0.25) is 0 Å². The minimum absolute atomic E-state index is 0.0980. The number of nitrogens with zero attached hydrogens (tertiary/aromatic N) is 1. The second-order valence-corrected chi connectivity index (χ2v) is 5.98. The largest absolute Gasteiger partial charge is 0.340 e. The fourth-order valence-electron chi connectivity index (χ4n) is 2.46. The normalized spacial score (nSPS) is 10.8. The number of benzene rings is 2. The van der Waals surface area contributed by atoms with Crippen LogP contribution in [-0.4, -0.2) is 10.5 Å².